The van der Waals surface area contributed by atoms with Crippen LogP contribution in [0.25, 0.3) is 0 Å². The lowest BCUT2D eigenvalue weighted by Crippen LogP contribution is -2.58. The molecule has 0 bridgehead atoms. The summed E-state index contributed by atoms with van der Waals surface area (Å²) in [5.74, 6) is 1.19. The fourth-order valence-electron chi connectivity index (χ4n) is 4.84. The second-order valence-corrected chi connectivity index (χ2v) is 7.73. The number of hydrogen-bond donors (Lipinski definition) is 0. The second-order valence-electron chi connectivity index (χ2n) is 7.73. The summed E-state index contributed by atoms with van der Waals surface area (Å²) in [5, 5.41) is 0. The lowest BCUT2D eigenvalue weighted by atomic mass is 9.87. The van der Waals surface area contributed by atoms with E-state index in [1.54, 1.807) is 0 Å². The molecule has 136 valence electrons. The molecule has 3 rings (SSSR count). The average molecular weight is 336 g/mol. The summed E-state index contributed by atoms with van der Waals surface area (Å²) in [5.41, 5.74) is -0.205. The second kappa shape index (κ2) is 7.85. The van der Waals surface area contributed by atoms with Crippen LogP contribution in [-0.2, 0) is 14.3 Å². The molecule has 5 nitrogen and oxygen atoms in total. The van der Waals surface area contributed by atoms with Gasteiger partial charge in [-0.05, 0) is 32.1 Å². The molecule has 0 aromatic carbocycles. The number of amides is 2. The molecule has 3 aliphatic rings. The van der Waals surface area contributed by atoms with Gasteiger partial charge in [0.2, 0.25) is 11.8 Å². The van der Waals surface area contributed by atoms with Crippen molar-refractivity contribution in [3.05, 3.63) is 0 Å². The van der Waals surface area contributed by atoms with Gasteiger partial charge in [0, 0.05) is 45.7 Å². The first-order valence-corrected chi connectivity index (χ1v) is 9.80. The number of rotatable bonds is 4. The van der Waals surface area contributed by atoms with Gasteiger partial charge in [0.25, 0.3) is 0 Å². The third-order valence-electron chi connectivity index (χ3n) is 6.29. The van der Waals surface area contributed by atoms with E-state index in [-0.39, 0.29) is 17.4 Å². The minimum atomic E-state index is -0.205. The molecule has 0 aromatic rings. The fourth-order valence-corrected chi connectivity index (χ4v) is 4.84. The molecule has 0 aromatic heterocycles. The van der Waals surface area contributed by atoms with Crippen molar-refractivity contribution >= 4 is 11.8 Å². The highest BCUT2D eigenvalue weighted by Crippen LogP contribution is 2.33. The van der Waals surface area contributed by atoms with Gasteiger partial charge < -0.3 is 14.5 Å². The first kappa shape index (κ1) is 17.7. The van der Waals surface area contributed by atoms with E-state index in [4.69, 9.17) is 4.74 Å². The van der Waals surface area contributed by atoms with Crippen LogP contribution in [0.5, 0.6) is 0 Å². The van der Waals surface area contributed by atoms with Crippen LogP contribution in [0.1, 0.15) is 64.7 Å². The minimum absolute atomic E-state index is 0.200. The van der Waals surface area contributed by atoms with Gasteiger partial charge in [-0.15, -0.1) is 0 Å². The molecule has 0 N–H and O–H groups in total. The van der Waals surface area contributed by atoms with Crippen molar-refractivity contribution in [1.82, 2.24) is 9.80 Å². The molecule has 1 aliphatic carbocycles. The minimum Gasteiger partial charge on any atom is -0.381 e. The third kappa shape index (κ3) is 3.76. The van der Waals surface area contributed by atoms with Crippen molar-refractivity contribution in [3.63, 3.8) is 0 Å². The van der Waals surface area contributed by atoms with Gasteiger partial charge >= 0.3 is 0 Å². The monoisotopic (exact) mass is 336 g/mol. The Hall–Kier alpha value is -1.10. The molecule has 3 fully saturated rings. The molecule has 0 unspecified atom stereocenters. The molecule has 2 saturated heterocycles. The van der Waals surface area contributed by atoms with Gasteiger partial charge in [0.05, 0.1) is 5.54 Å². The van der Waals surface area contributed by atoms with E-state index in [1.165, 1.54) is 25.7 Å². The predicted molar refractivity (Wildman–Crippen MR) is 92.6 cm³/mol. The zero-order valence-electron chi connectivity index (χ0n) is 15.1. The van der Waals surface area contributed by atoms with Crippen molar-refractivity contribution < 1.29 is 14.3 Å². The van der Waals surface area contributed by atoms with Crippen molar-refractivity contribution in [2.45, 2.75) is 70.3 Å². The summed E-state index contributed by atoms with van der Waals surface area (Å²) in [6, 6.07) is 0. The smallest absolute Gasteiger partial charge is 0.224 e. The van der Waals surface area contributed by atoms with E-state index < -0.39 is 0 Å². The SMILES string of the molecule is CCN1C(=O)CCN(C(=O)CCC2CCCC2)CC12CCOCC2. The number of ether oxygens (including phenoxy) is 1. The molecular weight excluding hydrogens is 304 g/mol. The average Bonchev–Trinajstić information content (AvgIpc) is 3.07. The molecule has 0 radical (unpaired) electrons. The van der Waals surface area contributed by atoms with Crippen LogP contribution in [0.2, 0.25) is 0 Å². The topological polar surface area (TPSA) is 49.9 Å². The van der Waals surface area contributed by atoms with Gasteiger partial charge in [-0.2, -0.15) is 0 Å². The Labute approximate surface area is 145 Å². The Kier molecular flexibility index (Phi) is 5.80. The zero-order chi connectivity index (χ0) is 17.0. The molecule has 2 amide bonds. The molecule has 5 heteroatoms. The number of hydrogen-bond acceptors (Lipinski definition) is 3. The Morgan fingerprint density at radius 2 is 1.96 bits per heavy atom. The van der Waals surface area contributed by atoms with Gasteiger partial charge in [0.15, 0.2) is 0 Å². The molecule has 2 aliphatic heterocycles. The molecule has 1 spiro atoms. The van der Waals surface area contributed by atoms with Crippen molar-refractivity contribution in [3.8, 4) is 0 Å². The molecular formula is C19H32N2O3. The maximum atomic E-state index is 12.8. The summed E-state index contributed by atoms with van der Waals surface area (Å²) in [4.78, 5) is 29.4. The van der Waals surface area contributed by atoms with E-state index in [9.17, 15) is 9.59 Å². The van der Waals surface area contributed by atoms with E-state index in [1.807, 2.05) is 16.7 Å². The largest absolute Gasteiger partial charge is 0.381 e. The van der Waals surface area contributed by atoms with Gasteiger partial charge in [-0.3, -0.25) is 9.59 Å². The Morgan fingerprint density at radius 1 is 1.25 bits per heavy atom. The zero-order valence-corrected chi connectivity index (χ0v) is 15.1. The lowest BCUT2D eigenvalue weighted by Gasteiger charge is -2.46. The maximum absolute atomic E-state index is 12.8. The standard InChI is InChI=1S/C19H32N2O3/c1-2-21-18(23)9-12-20(15-19(21)10-13-24-14-11-19)17(22)8-7-16-5-3-4-6-16/h16H,2-15H2,1H3. The molecule has 2 heterocycles. The number of nitrogens with zero attached hydrogens (tertiary/aromatic N) is 2. The van der Waals surface area contributed by atoms with Gasteiger partial charge in [0.1, 0.15) is 0 Å². The summed E-state index contributed by atoms with van der Waals surface area (Å²) in [6.07, 6.45) is 9.06. The van der Waals surface area contributed by atoms with Crippen LogP contribution < -0.4 is 0 Å². The maximum Gasteiger partial charge on any atom is 0.224 e. The Morgan fingerprint density at radius 3 is 2.62 bits per heavy atom. The first-order valence-electron chi connectivity index (χ1n) is 9.80. The van der Waals surface area contributed by atoms with Crippen molar-refractivity contribution in [2.75, 3.05) is 32.8 Å². The van der Waals surface area contributed by atoms with E-state index in [0.717, 1.165) is 31.7 Å². The van der Waals surface area contributed by atoms with Crippen LogP contribution in [0.15, 0.2) is 0 Å². The quantitative estimate of drug-likeness (QED) is 0.793. The van der Waals surface area contributed by atoms with Crippen LogP contribution in [-0.4, -0.2) is 60.0 Å². The molecule has 1 saturated carbocycles. The van der Waals surface area contributed by atoms with E-state index in [0.29, 0.717) is 39.1 Å². The number of carbonyl (C=O) groups excluding carboxylic acids is 2. The van der Waals surface area contributed by atoms with Crippen LogP contribution >= 0.6 is 0 Å². The van der Waals surface area contributed by atoms with E-state index >= 15 is 0 Å². The Bertz CT molecular complexity index is 454. The highest BCUT2D eigenvalue weighted by Gasteiger charge is 2.44. The van der Waals surface area contributed by atoms with Crippen LogP contribution in [0.4, 0.5) is 0 Å². The third-order valence-corrected chi connectivity index (χ3v) is 6.29. The highest BCUT2D eigenvalue weighted by molar-refractivity contribution is 5.81. The highest BCUT2D eigenvalue weighted by atomic mass is 16.5. The fraction of sp³-hybridized carbons (Fsp3) is 0.895. The number of carbonyl (C=O) groups is 2. The summed E-state index contributed by atoms with van der Waals surface area (Å²) < 4.78 is 5.54. The van der Waals surface area contributed by atoms with Crippen molar-refractivity contribution in [2.24, 2.45) is 5.92 Å². The normalized spacial score (nSPS) is 25.3. The summed E-state index contributed by atoms with van der Waals surface area (Å²) >= 11 is 0. The Balaban J connectivity index is 1.66. The predicted octanol–water partition coefficient (Wildman–Crippen LogP) is 2.59. The van der Waals surface area contributed by atoms with Gasteiger partial charge in [-0.25, -0.2) is 0 Å². The van der Waals surface area contributed by atoms with Crippen LogP contribution in [0.3, 0.4) is 0 Å². The van der Waals surface area contributed by atoms with Crippen molar-refractivity contribution in [1.29, 1.82) is 0 Å². The molecule has 0 atom stereocenters. The van der Waals surface area contributed by atoms with Gasteiger partial charge in [-0.1, -0.05) is 25.7 Å². The van der Waals surface area contributed by atoms with E-state index in [2.05, 4.69) is 0 Å². The summed E-state index contributed by atoms with van der Waals surface area (Å²) in [7, 11) is 0. The van der Waals surface area contributed by atoms with Crippen LogP contribution in [0, 0.1) is 5.92 Å². The number of likely N-dealkylation sites (N-methyl/N-ethyl adjacent to an activating group) is 1. The summed E-state index contributed by atoms with van der Waals surface area (Å²) in [6.45, 7) is 5.43. The first-order chi connectivity index (χ1) is 11.6. The molecule has 24 heavy (non-hydrogen) atoms. The lowest BCUT2D eigenvalue weighted by molar-refractivity contribution is -0.142.